The highest BCUT2D eigenvalue weighted by molar-refractivity contribution is 7.12. The van der Waals surface area contributed by atoms with Crippen molar-refractivity contribution in [2.75, 3.05) is 0 Å². The van der Waals surface area contributed by atoms with Gasteiger partial charge in [-0.1, -0.05) is 19.0 Å². The summed E-state index contributed by atoms with van der Waals surface area (Å²) in [6, 6.07) is 0. The molecule has 0 saturated heterocycles. The molecule has 68 valence electrons. The predicted molar refractivity (Wildman–Crippen MR) is 49.5 cm³/mol. The first kappa shape index (κ1) is 8.37. The summed E-state index contributed by atoms with van der Waals surface area (Å²) in [7, 11) is 0. The van der Waals surface area contributed by atoms with Crippen LogP contribution in [0.1, 0.15) is 25.6 Å². The van der Waals surface area contributed by atoms with E-state index in [-0.39, 0.29) is 5.92 Å². The fourth-order valence-electron chi connectivity index (χ4n) is 0.885. The summed E-state index contributed by atoms with van der Waals surface area (Å²) in [5.74, 6) is 1.53. The molecule has 0 saturated carbocycles. The first-order chi connectivity index (χ1) is 6.27. The van der Waals surface area contributed by atoms with E-state index in [9.17, 15) is 0 Å². The van der Waals surface area contributed by atoms with E-state index in [4.69, 9.17) is 4.52 Å². The van der Waals surface area contributed by atoms with Crippen molar-refractivity contribution >= 4 is 11.3 Å². The van der Waals surface area contributed by atoms with Crippen molar-refractivity contribution in [1.82, 2.24) is 15.1 Å². The molecule has 5 heteroatoms. The molecule has 0 aromatic carbocycles. The van der Waals surface area contributed by atoms with Crippen LogP contribution in [0.4, 0.5) is 0 Å². The van der Waals surface area contributed by atoms with Gasteiger partial charge in [0.15, 0.2) is 10.8 Å². The number of thiazole rings is 1. The molecule has 0 unspecified atom stereocenters. The van der Waals surface area contributed by atoms with Crippen LogP contribution in [0, 0.1) is 0 Å². The Balaban J connectivity index is 2.33. The average molecular weight is 195 g/mol. The van der Waals surface area contributed by atoms with E-state index in [0.29, 0.717) is 5.89 Å². The molecular formula is C8H9N3OS. The zero-order chi connectivity index (χ0) is 9.26. The standard InChI is InChI=1S/C8H9N3OS/c1-5(2)6-10-7(12-11-6)8-9-3-4-13-8/h3-5H,1-2H3. The van der Waals surface area contributed by atoms with Crippen LogP contribution in [0.2, 0.25) is 0 Å². The summed E-state index contributed by atoms with van der Waals surface area (Å²) < 4.78 is 5.06. The van der Waals surface area contributed by atoms with Crippen LogP contribution in [0.15, 0.2) is 16.1 Å². The van der Waals surface area contributed by atoms with Crippen molar-refractivity contribution in [3.05, 3.63) is 17.4 Å². The average Bonchev–Trinajstić information content (AvgIpc) is 2.75. The normalized spacial score (nSPS) is 11.0. The zero-order valence-electron chi connectivity index (χ0n) is 7.39. The number of nitrogens with zero attached hydrogens (tertiary/aromatic N) is 3. The lowest BCUT2D eigenvalue weighted by Crippen LogP contribution is -1.89. The van der Waals surface area contributed by atoms with Crippen LogP contribution < -0.4 is 0 Å². The fourth-order valence-corrected chi connectivity index (χ4v) is 1.44. The Morgan fingerprint density at radius 1 is 1.46 bits per heavy atom. The quantitative estimate of drug-likeness (QED) is 0.737. The van der Waals surface area contributed by atoms with E-state index in [1.54, 1.807) is 6.20 Å². The lowest BCUT2D eigenvalue weighted by atomic mass is 10.2. The van der Waals surface area contributed by atoms with Crippen LogP contribution in [-0.2, 0) is 0 Å². The molecule has 0 aliphatic heterocycles. The number of rotatable bonds is 2. The molecule has 0 aliphatic carbocycles. The van der Waals surface area contributed by atoms with E-state index in [2.05, 4.69) is 15.1 Å². The number of hydrogen-bond acceptors (Lipinski definition) is 5. The van der Waals surface area contributed by atoms with Crippen LogP contribution >= 0.6 is 11.3 Å². The molecule has 2 aromatic heterocycles. The zero-order valence-corrected chi connectivity index (χ0v) is 8.21. The van der Waals surface area contributed by atoms with Crippen molar-refractivity contribution in [1.29, 1.82) is 0 Å². The summed E-state index contributed by atoms with van der Waals surface area (Å²) in [6.45, 7) is 4.05. The van der Waals surface area contributed by atoms with E-state index >= 15 is 0 Å². The smallest absolute Gasteiger partial charge is 0.286 e. The Morgan fingerprint density at radius 2 is 2.31 bits per heavy atom. The molecule has 0 N–H and O–H groups in total. The van der Waals surface area contributed by atoms with E-state index < -0.39 is 0 Å². The largest absolute Gasteiger partial charge is 0.331 e. The van der Waals surface area contributed by atoms with Crippen molar-refractivity contribution in [3.63, 3.8) is 0 Å². The molecule has 0 aliphatic rings. The van der Waals surface area contributed by atoms with Gasteiger partial charge < -0.3 is 4.52 Å². The van der Waals surface area contributed by atoms with Gasteiger partial charge in [0.2, 0.25) is 0 Å². The van der Waals surface area contributed by atoms with Gasteiger partial charge in [0, 0.05) is 17.5 Å². The Hall–Kier alpha value is -1.23. The lowest BCUT2D eigenvalue weighted by Gasteiger charge is -1.91. The first-order valence-corrected chi connectivity index (χ1v) is 4.89. The molecule has 2 heterocycles. The van der Waals surface area contributed by atoms with E-state index in [0.717, 1.165) is 10.8 Å². The highest BCUT2D eigenvalue weighted by atomic mass is 32.1. The molecule has 13 heavy (non-hydrogen) atoms. The van der Waals surface area contributed by atoms with Gasteiger partial charge in [-0.25, -0.2) is 4.98 Å². The van der Waals surface area contributed by atoms with Gasteiger partial charge in [-0.05, 0) is 0 Å². The molecule has 2 aromatic rings. The minimum Gasteiger partial charge on any atom is -0.331 e. The molecular weight excluding hydrogens is 186 g/mol. The Bertz CT molecular complexity index is 380. The van der Waals surface area contributed by atoms with Gasteiger partial charge >= 0.3 is 0 Å². The lowest BCUT2D eigenvalue weighted by molar-refractivity contribution is 0.419. The van der Waals surface area contributed by atoms with Crippen LogP contribution in [-0.4, -0.2) is 15.1 Å². The monoisotopic (exact) mass is 195 g/mol. The summed E-state index contributed by atoms with van der Waals surface area (Å²) in [5, 5.41) is 6.51. The van der Waals surface area contributed by atoms with Crippen LogP contribution in [0.3, 0.4) is 0 Å². The van der Waals surface area contributed by atoms with Crippen molar-refractivity contribution in [2.45, 2.75) is 19.8 Å². The predicted octanol–water partition coefficient (Wildman–Crippen LogP) is 2.32. The van der Waals surface area contributed by atoms with Gasteiger partial charge in [-0.15, -0.1) is 11.3 Å². The Labute approximate surface area is 79.6 Å². The second kappa shape index (κ2) is 3.26. The molecule has 0 spiro atoms. The second-order valence-corrected chi connectivity index (χ2v) is 3.84. The second-order valence-electron chi connectivity index (χ2n) is 2.95. The summed E-state index contributed by atoms with van der Waals surface area (Å²) in [5.41, 5.74) is 0. The van der Waals surface area contributed by atoms with E-state index in [1.807, 2.05) is 19.2 Å². The summed E-state index contributed by atoms with van der Waals surface area (Å²) in [4.78, 5) is 8.30. The van der Waals surface area contributed by atoms with Crippen molar-refractivity contribution < 1.29 is 4.52 Å². The van der Waals surface area contributed by atoms with Gasteiger partial charge in [0.1, 0.15) is 0 Å². The number of hydrogen-bond donors (Lipinski definition) is 0. The Morgan fingerprint density at radius 3 is 2.85 bits per heavy atom. The molecule has 4 nitrogen and oxygen atoms in total. The molecule has 0 bridgehead atoms. The number of aromatic nitrogens is 3. The maximum absolute atomic E-state index is 5.06. The Kier molecular flexibility index (Phi) is 2.10. The third kappa shape index (κ3) is 1.60. The highest BCUT2D eigenvalue weighted by Crippen LogP contribution is 2.21. The van der Waals surface area contributed by atoms with E-state index in [1.165, 1.54) is 11.3 Å². The maximum atomic E-state index is 5.06. The SMILES string of the molecule is CC(C)c1noc(-c2nccs2)n1. The summed E-state index contributed by atoms with van der Waals surface area (Å²) in [6.07, 6.45) is 1.72. The fraction of sp³-hybridized carbons (Fsp3) is 0.375. The highest BCUT2D eigenvalue weighted by Gasteiger charge is 2.12. The van der Waals surface area contributed by atoms with Gasteiger partial charge in [0.25, 0.3) is 5.89 Å². The van der Waals surface area contributed by atoms with Gasteiger partial charge in [0.05, 0.1) is 0 Å². The molecule has 0 amide bonds. The van der Waals surface area contributed by atoms with Crippen LogP contribution in [0.25, 0.3) is 10.9 Å². The summed E-state index contributed by atoms with van der Waals surface area (Å²) >= 11 is 1.49. The minimum absolute atomic E-state index is 0.289. The molecule has 0 atom stereocenters. The molecule has 0 fully saturated rings. The van der Waals surface area contributed by atoms with Crippen molar-refractivity contribution in [2.24, 2.45) is 0 Å². The van der Waals surface area contributed by atoms with Gasteiger partial charge in [-0.3, -0.25) is 0 Å². The first-order valence-electron chi connectivity index (χ1n) is 4.01. The van der Waals surface area contributed by atoms with Crippen LogP contribution in [0.5, 0.6) is 0 Å². The van der Waals surface area contributed by atoms with Gasteiger partial charge in [-0.2, -0.15) is 4.98 Å². The topological polar surface area (TPSA) is 51.8 Å². The maximum Gasteiger partial charge on any atom is 0.286 e. The minimum atomic E-state index is 0.289. The molecule has 0 radical (unpaired) electrons. The third-order valence-corrected chi connectivity index (χ3v) is 2.33. The molecule has 2 rings (SSSR count). The van der Waals surface area contributed by atoms with Crippen molar-refractivity contribution in [3.8, 4) is 10.9 Å². The third-order valence-electron chi connectivity index (χ3n) is 1.57.